The van der Waals surface area contributed by atoms with E-state index in [0.717, 1.165) is 0 Å². The fraction of sp³-hybridized carbons (Fsp3) is 0.263. The third kappa shape index (κ3) is 3.14. The summed E-state index contributed by atoms with van der Waals surface area (Å²) in [6.45, 7) is 2.20. The van der Waals surface area contributed by atoms with Crippen LogP contribution in [0.1, 0.15) is 22.5 Å². The molecule has 138 valence electrons. The quantitative estimate of drug-likeness (QED) is 0.766. The van der Waals surface area contributed by atoms with Crippen molar-refractivity contribution in [3.63, 3.8) is 0 Å². The SMILES string of the molecule is Cc1noc2nc(-c3ccc(F)cc3)cc(C(=O)NC3CC(=O)N(C)C3)c12. The number of likely N-dealkylation sites (tertiary alicyclic amines) is 1. The zero-order valence-electron chi connectivity index (χ0n) is 14.8. The summed E-state index contributed by atoms with van der Waals surface area (Å²) in [5, 5.41) is 7.32. The van der Waals surface area contributed by atoms with Crippen molar-refractivity contribution in [1.29, 1.82) is 0 Å². The summed E-state index contributed by atoms with van der Waals surface area (Å²) in [5.41, 5.74) is 2.27. The van der Waals surface area contributed by atoms with E-state index in [0.29, 0.717) is 34.4 Å². The van der Waals surface area contributed by atoms with Crippen LogP contribution in [0, 0.1) is 12.7 Å². The molecular formula is C19H17FN4O3. The van der Waals surface area contributed by atoms with Crippen molar-refractivity contribution < 1.29 is 18.5 Å². The minimum absolute atomic E-state index is 0.00617. The van der Waals surface area contributed by atoms with E-state index >= 15 is 0 Å². The highest BCUT2D eigenvalue weighted by Gasteiger charge is 2.29. The third-order valence-corrected chi connectivity index (χ3v) is 4.68. The van der Waals surface area contributed by atoms with Crippen LogP contribution in [-0.2, 0) is 4.79 Å². The summed E-state index contributed by atoms with van der Waals surface area (Å²) < 4.78 is 18.5. The van der Waals surface area contributed by atoms with Crippen LogP contribution in [-0.4, -0.2) is 46.5 Å². The Kier molecular flexibility index (Phi) is 4.10. The fourth-order valence-electron chi connectivity index (χ4n) is 3.27. The van der Waals surface area contributed by atoms with Gasteiger partial charge in [-0.25, -0.2) is 9.37 Å². The number of amides is 2. The van der Waals surface area contributed by atoms with Gasteiger partial charge < -0.3 is 14.7 Å². The molecule has 1 fully saturated rings. The number of aromatic nitrogens is 2. The molecule has 1 aliphatic rings. The van der Waals surface area contributed by atoms with Gasteiger partial charge in [0, 0.05) is 25.6 Å². The lowest BCUT2D eigenvalue weighted by Gasteiger charge is -2.13. The number of benzene rings is 1. The molecule has 0 radical (unpaired) electrons. The molecule has 0 aliphatic carbocycles. The minimum Gasteiger partial charge on any atom is -0.347 e. The number of pyridine rings is 1. The zero-order chi connectivity index (χ0) is 19.1. The van der Waals surface area contributed by atoms with E-state index in [9.17, 15) is 14.0 Å². The Hall–Kier alpha value is -3.29. The molecule has 1 N–H and O–H groups in total. The van der Waals surface area contributed by atoms with Crippen LogP contribution in [0.25, 0.3) is 22.4 Å². The van der Waals surface area contributed by atoms with E-state index in [1.807, 2.05) is 0 Å². The van der Waals surface area contributed by atoms with E-state index in [-0.39, 0.29) is 35.8 Å². The van der Waals surface area contributed by atoms with Crippen molar-refractivity contribution in [2.75, 3.05) is 13.6 Å². The number of hydrogen-bond donors (Lipinski definition) is 1. The first kappa shape index (κ1) is 17.1. The molecule has 3 aromatic rings. The summed E-state index contributed by atoms with van der Waals surface area (Å²) in [5.74, 6) is -0.693. The van der Waals surface area contributed by atoms with Crippen LogP contribution in [0.2, 0.25) is 0 Å². The highest BCUT2D eigenvalue weighted by molar-refractivity contribution is 6.07. The molecule has 8 heteroatoms. The molecule has 1 aliphatic heterocycles. The second-order valence-electron chi connectivity index (χ2n) is 6.66. The predicted octanol–water partition coefficient (Wildman–Crippen LogP) is 2.30. The molecule has 2 amide bonds. The van der Waals surface area contributed by atoms with E-state index in [1.165, 1.54) is 12.1 Å². The van der Waals surface area contributed by atoms with Gasteiger partial charge in [0.15, 0.2) is 0 Å². The molecule has 1 unspecified atom stereocenters. The number of aryl methyl sites for hydroxylation is 1. The molecule has 1 aromatic carbocycles. The van der Waals surface area contributed by atoms with Gasteiger partial charge >= 0.3 is 0 Å². The van der Waals surface area contributed by atoms with Gasteiger partial charge in [-0.05, 0) is 37.3 Å². The number of halogens is 1. The van der Waals surface area contributed by atoms with Crippen molar-refractivity contribution in [1.82, 2.24) is 20.4 Å². The van der Waals surface area contributed by atoms with Crippen molar-refractivity contribution >= 4 is 22.9 Å². The van der Waals surface area contributed by atoms with Gasteiger partial charge in [0.25, 0.3) is 11.6 Å². The first-order chi connectivity index (χ1) is 12.9. The van der Waals surface area contributed by atoms with Gasteiger partial charge in [-0.1, -0.05) is 5.16 Å². The lowest BCUT2D eigenvalue weighted by Crippen LogP contribution is -2.36. The standard InChI is InChI=1S/C19H17FN4O3/c1-10-17-14(18(26)21-13-7-16(25)24(2)9-13)8-15(22-19(17)27-23-10)11-3-5-12(20)6-4-11/h3-6,8,13H,7,9H2,1-2H3,(H,21,26). The summed E-state index contributed by atoms with van der Waals surface area (Å²) >= 11 is 0. The first-order valence-corrected chi connectivity index (χ1v) is 8.50. The molecule has 1 atom stereocenters. The number of nitrogens with one attached hydrogen (secondary N) is 1. The zero-order valence-corrected chi connectivity index (χ0v) is 14.8. The Morgan fingerprint density at radius 3 is 2.74 bits per heavy atom. The van der Waals surface area contributed by atoms with E-state index in [2.05, 4.69) is 15.5 Å². The number of hydrogen-bond acceptors (Lipinski definition) is 5. The van der Waals surface area contributed by atoms with Gasteiger partial charge in [-0.2, -0.15) is 0 Å². The smallest absolute Gasteiger partial charge is 0.259 e. The maximum atomic E-state index is 13.2. The second-order valence-corrected chi connectivity index (χ2v) is 6.66. The average Bonchev–Trinajstić information content (AvgIpc) is 3.17. The topological polar surface area (TPSA) is 88.3 Å². The van der Waals surface area contributed by atoms with Gasteiger partial charge in [-0.15, -0.1) is 0 Å². The van der Waals surface area contributed by atoms with E-state index in [4.69, 9.17) is 4.52 Å². The normalized spacial score (nSPS) is 16.9. The molecule has 2 aromatic heterocycles. The number of carbonyl (C=O) groups excluding carboxylic acids is 2. The third-order valence-electron chi connectivity index (χ3n) is 4.68. The Bertz CT molecular complexity index is 1050. The van der Waals surface area contributed by atoms with Crippen LogP contribution in [0.15, 0.2) is 34.9 Å². The second kappa shape index (κ2) is 6.46. The number of nitrogens with zero attached hydrogens (tertiary/aromatic N) is 3. The van der Waals surface area contributed by atoms with Gasteiger partial charge in [0.2, 0.25) is 5.91 Å². The fourth-order valence-corrected chi connectivity index (χ4v) is 3.27. The largest absolute Gasteiger partial charge is 0.347 e. The van der Waals surface area contributed by atoms with Gasteiger partial charge in [0.05, 0.1) is 28.4 Å². The van der Waals surface area contributed by atoms with Gasteiger partial charge in [-0.3, -0.25) is 9.59 Å². The molecule has 0 saturated carbocycles. The van der Waals surface area contributed by atoms with Crippen LogP contribution < -0.4 is 5.32 Å². The summed E-state index contributed by atoms with van der Waals surface area (Å²) in [6.07, 6.45) is 0.268. The number of rotatable bonds is 3. The number of fused-ring (bicyclic) bond motifs is 1. The number of likely N-dealkylation sites (N-methyl/N-ethyl adjacent to an activating group) is 1. The first-order valence-electron chi connectivity index (χ1n) is 8.50. The van der Waals surface area contributed by atoms with Crippen molar-refractivity contribution in [2.24, 2.45) is 0 Å². The van der Waals surface area contributed by atoms with E-state index < -0.39 is 0 Å². The summed E-state index contributed by atoms with van der Waals surface area (Å²) in [4.78, 5) is 30.6. The Morgan fingerprint density at radius 2 is 2.07 bits per heavy atom. The maximum Gasteiger partial charge on any atom is 0.259 e. The molecule has 27 heavy (non-hydrogen) atoms. The molecule has 0 spiro atoms. The summed E-state index contributed by atoms with van der Waals surface area (Å²) in [7, 11) is 1.70. The van der Waals surface area contributed by atoms with Crippen LogP contribution in [0.5, 0.6) is 0 Å². The van der Waals surface area contributed by atoms with Crippen molar-refractivity contribution in [2.45, 2.75) is 19.4 Å². The summed E-state index contributed by atoms with van der Waals surface area (Å²) in [6, 6.07) is 7.19. The molecule has 7 nitrogen and oxygen atoms in total. The number of carbonyl (C=O) groups is 2. The minimum atomic E-state index is -0.358. The Labute approximate surface area is 154 Å². The van der Waals surface area contributed by atoms with Gasteiger partial charge in [0.1, 0.15) is 5.82 Å². The Morgan fingerprint density at radius 1 is 1.33 bits per heavy atom. The molecular weight excluding hydrogens is 351 g/mol. The predicted molar refractivity (Wildman–Crippen MR) is 95.4 cm³/mol. The highest BCUT2D eigenvalue weighted by atomic mass is 19.1. The van der Waals surface area contributed by atoms with Crippen LogP contribution >= 0.6 is 0 Å². The van der Waals surface area contributed by atoms with Crippen LogP contribution in [0.3, 0.4) is 0 Å². The maximum absolute atomic E-state index is 13.2. The van der Waals surface area contributed by atoms with Crippen molar-refractivity contribution in [3.8, 4) is 11.3 Å². The molecule has 0 bridgehead atoms. The molecule has 1 saturated heterocycles. The molecule has 3 heterocycles. The monoisotopic (exact) mass is 368 g/mol. The molecule has 4 rings (SSSR count). The van der Waals surface area contributed by atoms with E-state index in [1.54, 1.807) is 37.1 Å². The lowest BCUT2D eigenvalue weighted by atomic mass is 10.0. The average molecular weight is 368 g/mol. The van der Waals surface area contributed by atoms with Crippen LogP contribution in [0.4, 0.5) is 4.39 Å². The Balaban J connectivity index is 1.74. The highest BCUT2D eigenvalue weighted by Crippen LogP contribution is 2.27. The van der Waals surface area contributed by atoms with Crippen molar-refractivity contribution in [3.05, 3.63) is 47.4 Å². The lowest BCUT2D eigenvalue weighted by molar-refractivity contribution is -0.126.